The second-order valence-electron chi connectivity index (χ2n) is 2.28. The van der Waals surface area contributed by atoms with Gasteiger partial charge < -0.3 is 5.73 Å². The Labute approximate surface area is 53.5 Å². The van der Waals surface area contributed by atoms with E-state index in [0.29, 0.717) is 5.57 Å². The van der Waals surface area contributed by atoms with Gasteiger partial charge in [-0.1, -0.05) is 12.2 Å². The van der Waals surface area contributed by atoms with E-state index in [2.05, 4.69) is 6.58 Å². The van der Waals surface area contributed by atoms with Gasteiger partial charge in [0.1, 0.15) is 0 Å². The van der Waals surface area contributed by atoms with E-state index in [1.807, 2.05) is 0 Å². The van der Waals surface area contributed by atoms with Crippen molar-refractivity contribution < 1.29 is 8.78 Å². The number of rotatable bonds is 2. The summed E-state index contributed by atoms with van der Waals surface area (Å²) in [6.45, 7) is 5.59. The second kappa shape index (κ2) is 2.43. The van der Waals surface area contributed by atoms with Crippen molar-refractivity contribution in [3.63, 3.8) is 0 Å². The Morgan fingerprint density at radius 2 is 2.00 bits per heavy atom. The predicted molar refractivity (Wildman–Crippen MR) is 33.4 cm³/mol. The van der Waals surface area contributed by atoms with Gasteiger partial charge in [0, 0.05) is 6.92 Å². The standard InChI is InChI=1S/C6H11F2N/c1-4(2)5(9)6(3,7)8/h5H,1,9H2,2-3H3. The fraction of sp³-hybridized carbons (Fsp3) is 0.667. The normalized spacial score (nSPS) is 15.2. The molecule has 0 heterocycles. The fourth-order valence-corrected chi connectivity index (χ4v) is 0.433. The van der Waals surface area contributed by atoms with E-state index in [9.17, 15) is 8.78 Å². The molecule has 0 aromatic rings. The molecule has 0 aromatic carbocycles. The van der Waals surface area contributed by atoms with Crippen molar-refractivity contribution in [2.45, 2.75) is 25.8 Å². The van der Waals surface area contributed by atoms with Gasteiger partial charge in [-0.25, -0.2) is 8.78 Å². The molecule has 1 nitrogen and oxygen atoms in total. The molecule has 0 aromatic heterocycles. The van der Waals surface area contributed by atoms with Gasteiger partial charge in [-0.15, -0.1) is 0 Å². The highest BCUT2D eigenvalue weighted by Crippen LogP contribution is 2.19. The van der Waals surface area contributed by atoms with E-state index >= 15 is 0 Å². The van der Waals surface area contributed by atoms with E-state index in [1.54, 1.807) is 0 Å². The average Bonchev–Trinajstić information content (AvgIpc) is 1.62. The van der Waals surface area contributed by atoms with Crippen molar-refractivity contribution in [1.29, 1.82) is 0 Å². The van der Waals surface area contributed by atoms with Crippen LogP contribution in [0.15, 0.2) is 12.2 Å². The van der Waals surface area contributed by atoms with Crippen LogP contribution in [0.25, 0.3) is 0 Å². The molecule has 1 atom stereocenters. The highest BCUT2D eigenvalue weighted by molar-refractivity contribution is 5.04. The molecule has 1 unspecified atom stereocenters. The van der Waals surface area contributed by atoms with Crippen LogP contribution in [-0.4, -0.2) is 12.0 Å². The van der Waals surface area contributed by atoms with Crippen LogP contribution in [0.1, 0.15) is 13.8 Å². The summed E-state index contributed by atoms with van der Waals surface area (Å²) >= 11 is 0. The molecule has 0 rings (SSSR count). The summed E-state index contributed by atoms with van der Waals surface area (Å²) in [5.74, 6) is -2.84. The van der Waals surface area contributed by atoms with Crippen LogP contribution >= 0.6 is 0 Å². The third-order valence-corrected chi connectivity index (χ3v) is 1.08. The summed E-state index contributed by atoms with van der Waals surface area (Å²) in [4.78, 5) is 0. The molecule has 54 valence electrons. The topological polar surface area (TPSA) is 26.0 Å². The minimum atomic E-state index is -2.84. The molecule has 0 aliphatic carbocycles. The summed E-state index contributed by atoms with van der Waals surface area (Å²) in [6, 6.07) is -1.21. The average molecular weight is 135 g/mol. The molecule has 0 fully saturated rings. The van der Waals surface area contributed by atoms with Gasteiger partial charge in [0.25, 0.3) is 5.92 Å². The van der Waals surface area contributed by atoms with E-state index in [4.69, 9.17) is 5.73 Å². The van der Waals surface area contributed by atoms with Crippen molar-refractivity contribution in [2.24, 2.45) is 5.73 Å². The molecule has 0 spiro atoms. The number of alkyl halides is 2. The van der Waals surface area contributed by atoms with Crippen LogP contribution < -0.4 is 5.73 Å². The molecule has 0 saturated carbocycles. The zero-order chi connectivity index (χ0) is 7.65. The van der Waals surface area contributed by atoms with Crippen molar-refractivity contribution in [3.8, 4) is 0 Å². The highest BCUT2D eigenvalue weighted by Gasteiger charge is 2.30. The van der Waals surface area contributed by atoms with Gasteiger partial charge in [-0.05, 0) is 6.92 Å². The Hall–Kier alpha value is -0.440. The summed E-state index contributed by atoms with van der Waals surface area (Å²) in [6.07, 6.45) is 0. The minimum absolute atomic E-state index is 0.308. The molecule has 0 radical (unpaired) electrons. The van der Waals surface area contributed by atoms with Gasteiger partial charge in [-0.2, -0.15) is 0 Å². The van der Waals surface area contributed by atoms with Gasteiger partial charge >= 0.3 is 0 Å². The Bertz CT molecular complexity index is 115. The lowest BCUT2D eigenvalue weighted by molar-refractivity contribution is 0.00604. The van der Waals surface area contributed by atoms with Crippen LogP contribution in [0, 0.1) is 0 Å². The Kier molecular flexibility index (Phi) is 2.32. The van der Waals surface area contributed by atoms with E-state index in [0.717, 1.165) is 6.92 Å². The number of hydrogen-bond acceptors (Lipinski definition) is 1. The zero-order valence-corrected chi connectivity index (χ0v) is 5.62. The number of nitrogens with two attached hydrogens (primary N) is 1. The van der Waals surface area contributed by atoms with Gasteiger partial charge in [0.2, 0.25) is 0 Å². The van der Waals surface area contributed by atoms with Gasteiger partial charge in [0.05, 0.1) is 6.04 Å². The Morgan fingerprint density at radius 1 is 1.67 bits per heavy atom. The van der Waals surface area contributed by atoms with Gasteiger partial charge in [0.15, 0.2) is 0 Å². The van der Waals surface area contributed by atoms with Crippen LogP contribution in [0.4, 0.5) is 8.78 Å². The summed E-state index contributed by atoms with van der Waals surface area (Å²) < 4.78 is 24.4. The SMILES string of the molecule is C=C(C)C(N)C(C)(F)F. The molecule has 0 aliphatic rings. The lowest BCUT2D eigenvalue weighted by atomic mass is 10.1. The number of halogens is 2. The third kappa shape index (κ3) is 2.56. The largest absolute Gasteiger partial charge is 0.319 e. The van der Waals surface area contributed by atoms with Crippen molar-refractivity contribution in [3.05, 3.63) is 12.2 Å². The lowest BCUT2D eigenvalue weighted by Crippen LogP contribution is -2.38. The maximum absolute atomic E-state index is 12.2. The highest BCUT2D eigenvalue weighted by atomic mass is 19.3. The zero-order valence-electron chi connectivity index (χ0n) is 5.62. The van der Waals surface area contributed by atoms with Crippen LogP contribution in [0.5, 0.6) is 0 Å². The molecule has 2 N–H and O–H groups in total. The second-order valence-corrected chi connectivity index (χ2v) is 2.28. The predicted octanol–water partition coefficient (Wildman–Crippen LogP) is 1.55. The Balaban J connectivity index is 4.04. The Morgan fingerprint density at radius 3 is 2.00 bits per heavy atom. The first-order chi connectivity index (χ1) is 3.85. The van der Waals surface area contributed by atoms with E-state index in [1.165, 1.54) is 6.92 Å². The molecule has 0 saturated heterocycles. The molecule has 0 aliphatic heterocycles. The third-order valence-electron chi connectivity index (χ3n) is 1.08. The molecular formula is C6H11F2N. The molecular weight excluding hydrogens is 124 g/mol. The molecule has 0 bridgehead atoms. The fourth-order valence-electron chi connectivity index (χ4n) is 0.433. The van der Waals surface area contributed by atoms with Crippen molar-refractivity contribution >= 4 is 0 Å². The van der Waals surface area contributed by atoms with Gasteiger partial charge in [-0.3, -0.25) is 0 Å². The molecule has 0 amide bonds. The van der Waals surface area contributed by atoms with Crippen LogP contribution in [0.2, 0.25) is 0 Å². The quantitative estimate of drug-likeness (QED) is 0.571. The molecule has 9 heavy (non-hydrogen) atoms. The first kappa shape index (κ1) is 8.56. The summed E-state index contributed by atoms with van der Waals surface area (Å²) in [5.41, 5.74) is 5.35. The summed E-state index contributed by atoms with van der Waals surface area (Å²) in [7, 11) is 0. The minimum Gasteiger partial charge on any atom is -0.319 e. The smallest absolute Gasteiger partial charge is 0.263 e. The molecule has 3 heteroatoms. The monoisotopic (exact) mass is 135 g/mol. The lowest BCUT2D eigenvalue weighted by Gasteiger charge is -2.18. The van der Waals surface area contributed by atoms with E-state index in [-0.39, 0.29) is 0 Å². The maximum Gasteiger partial charge on any atom is 0.263 e. The van der Waals surface area contributed by atoms with E-state index < -0.39 is 12.0 Å². The van der Waals surface area contributed by atoms with Crippen molar-refractivity contribution in [2.75, 3.05) is 0 Å². The first-order valence-electron chi connectivity index (χ1n) is 2.64. The van der Waals surface area contributed by atoms with Crippen molar-refractivity contribution in [1.82, 2.24) is 0 Å². The summed E-state index contributed by atoms with van der Waals surface area (Å²) in [5, 5.41) is 0. The van der Waals surface area contributed by atoms with Crippen LogP contribution in [0.3, 0.4) is 0 Å². The first-order valence-corrected chi connectivity index (χ1v) is 2.64. The number of hydrogen-bond donors (Lipinski definition) is 1. The van der Waals surface area contributed by atoms with Crippen LogP contribution in [-0.2, 0) is 0 Å². The maximum atomic E-state index is 12.2.